The highest BCUT2D eigenvalue weighted by Crippen LogP contribution is 2.38. The normalized spacial score (nSPS) is 25.0. The lowest BCUT2D eigenvalue weighted by atomic mass is 10.3. The van der Waals surface area contributed by atoms with E-state index in [4.69, 9.17) is 0 Å². The Labute approximate surface area is 99.5 Å². The molecule has 16 heavy (non-hydrogen) atoms. The molecule has 0 aromatic rings. The summed E-state index contributed by atoms with van der Waals surface area (Å²) in [5, 5.41) is 3.14. The van der Waals surface area contributed by atoms with Crippen LogP contribution >= 0.6 is 0 Å². The molecule has 0 saturated heterocycles. The van der Waals surface area contributed by atoms with Crippen molar-refractivity contribution in [1.82, 2.24) is 9.62 Å². The van der Waals surface area contributed by atoms with E-state index in [2.05, 4.69) is 12.2 Å². The van der Waals surface area contributed by atoms with Crippen LogP contribution in [0.15, 0.2) is 0 Å². The van der Waals surface area contributed by atoms with E-state index in [1.54, 1.807) is 7.05 Å². The Bertz CT molecular complexity index is 303. The summed E-state index contributed by atoms with van der Waals surface area (Å²) in [4.78, 5) is 0. The smallest absolute Gasteiger partial charge is 0.213 e. The number of rotatable bonds is 8. The van der Waals surface area contributed by atoms with E-state index in [-0.39, 0.29) is 5.75 Å². The summed E-state index contributed by atoms with van der Waals surface area (Å²) in [6.07, 6.45) is 1.87. The van der Waals surface area contributed by atoms with E-state index < -0.39 is 10.0 Å². The lowest BCUT2D eigenvalue weighted by Gasteiger charge is -2.16. The maximum atomic E-state index is 11.9. The third-order valence-electron chi connectivity index (χ3n) is 3.25. The molecule has 0 heterocycles. The second kappa shape index (κ2) is 5.98. The van der Waals surface area contributed by atoms with Gasteiger partial charge in [-0.3, -0.25) is 0 Å². The van der Waals surface area contributed by atoms with E-state index in [0.29, 0.717) is 24.8 Å². The van der Waals surface area contributed by atoms with Crippen molar-refractivity contribution < 1.29 is 8.42 Å². The molecule has 1 aliphatic rings. The Morgan fingerprint density at radius 3 is 2.56 bits per heavy atom. The zero-order valence-corrected chi connectivity index (χ0v) is 11.4. The molecule has 5 heteroatoms. The van der Waals surface area contributed by atoms with E-state index in [1.807, 2.05) is 6.92 Å². The first-order valence-electron chi connectivity index (χ1n) is 6.12. The van der Waals surface area contributed by atoms with Crippen molar-refractivity contribution in [2.45, 2.75) is 26.7 Å². The average Bonchev–Trinajstić information content (AvgIpc) is 2.89. The molecule has 2 unspecified atom stereocenters. The van der Waals surface area contributed by atoms with Gasteiger partial charge < -0.3 is 5.32 Å². The first-order chi connectivity index (χ1) is 7.47. The van der Waals surface area contributed by atoms with Crippen LogP contribution in [0.4, 0.5) is 0 Å². The highest BCUT2D eigenvalue weighted by atomic mass is 32.2. The molecule has 0 aromatic heterocycles. The number of nitrogens with one attached hydrogen (secondary N) is 1. The molecule has 0 amide bonds. The van der Waals surface area contributed by atoms with Crippen molar-refractivity contribution in [1.29, 1.82) is 0 Å². The fourth-order valence-corrected chi connectivity index (χ4v) is 3.05. The Morgan fingerprint density at radius 2 is 2.06 bits per heavy atom. The van der Waals surface area contributed by atoms with Crippen LogP contribution in [0.5, 0.6) is 0 Å². The second-order valence-corrected chi connectivity index (χ2v) is 6.97. The largest absolute Gasteiger partial charge is 0.317 e. The van der Waals surface area contributed by atoms with Crippen molar-refractivity contribution in [3.63, 3.8) is 0 Å². The zero-order valence-electron chi connectivity index (χ0n) is 10.6. The Kier molecular flexibility index (Phi) is 5.21. The number of hydrogen-bond acceptors (Lipinski definition) is 3. The van der Waals surface area contributed by atoms with Crippen molar-refractivity contribution in [3.05, 3.63) is 0 Å². The van der Waals surface area contributed by atoms with Gasteiger partial charge in [-0.1, -0.05) is 13.8 Å². The fourth-order valence-electron chi connectivity index (χ4n) is 1.81. The molecule has 0 radical (unpaired) electrons. The number of sulfonamides is 1. The van der Waals surface area contributed by atoms with Gasteiger partial charge in [-0.2, -0.15) is 0 Å². The third kappa shape index (κ3) is 4.39. The van der Waals surface area contributed by atoms with Gasteiger partial charge >= 0.3 is 0 Å². The Balaban J connectivity index is 2.25. The predicted octanol–water partition coefficient (Wildman–Crippen LogP) is 0.904. The minimum atomic E-state index is -3.03. The fraction of sp³-hybridized carbons (Fsp3) is 1.00. The summed E-state index contributed by atoms with van der Waals surface area (Å²) >= 11 is 0. The first kappa shape index (κ1) is 13.9. The quantitative estimate of drug-likeness (QED) is 0.649. The van der Waals surface area contributed by atoms with Gasteiger partial charge in [0, 0.05) is 13.6 Å². The minimum absolute atomic E-state index is 0.262. The highest BCUT2D eigenvalue weighted by Gasteiger charge is 2.35. The van der Waals surface area contributed by atoms with Crippen LogP contribution in [-0.4, -0.2) is 45.2 Å². The standard InChI is InChI=1S/C11H24N2O2S/c1-4-12-6-5-7-16(14,15)13(3)9-11-8-10(11)2/h10-12H,4-9H2,1-3H3. The highest BCUT2D eigenvalue weighted by molar-refractivity contribution is 7.89. The molecule has 1 N–H and O–H groups in total. The van der Waals surface area contributed by atoms with Gasteiger partial charge in [-0.25, -0.2) is 12.7 Å². The molecular formula is C11H24N2O2S. The average molecular weight is 248 g/mol. The van der Waals surface area contributed by atoms with Crippen LogP contribution in [0.25, 0.3) is 0 Å². The topological polar surface area (TPSA) is 49.4 Å². The molecule has 1 saturated carbocycles. The molecule has 0 aliphatic heterocycles. The Morgan fingerprint density at radius 1 is 1.44 bits per heavy atom. The van der Waals surface area contributed by atoms with Crippen molar-refractivity contribution >= 4 is 10.0 Å². The van der Waals surface area contributed by atoms with E-state index in [0.717, 1.165) is 13.1 Å². The SMILES string of the molecule is CCNCCCS(=O)(=O)N(C)CC1CC1C. The third-order valence-corrected chi connectivity index (χ3v) is 5.15. The zero-order chi connectivity index (χ0) is 12.2. The molecular weight excluding hydrogens is 224 g/mol. The second-order valence-electron chi connectivity index (χ2n) is 4.78. The maximum absolute atomic E-state index is 11.9. The molecule has 0 aromatic carbocycles. The Hall–Kier alpha value is -0.130. The summed E-state index contributed by atoms with van der Waals surface area (Å²) in [7, 11) is -1.32. The molecule has 4 nitrogen and oxygen atoms in total. The summed E-state index contributed by atoms with van der Waals surface area (Å²) in [6.45, 7) is 6.58. The predicted molar refractivity (Wildman–Crippen MR) is 66.8 cm³/mol. The van der Waals surface area contributed by atoms with Gasteiger partial charge in [0.2, 0.25) is 10.0 Å². The van der Waals surface area contributed by atoms with Gasteiger partial charge in [0.15, 0.2) is 0 Å². The summed E-state index contributed by atoms with van der Waals surface area (Å²) in [5.74, 6) is 1.56. The van der Waals surface area contributed by atoms with E-state index in [9.17, 15) is 8.42 Å². The van der Waals surface area contributed by atoms with Crippen LogP contribution in [0.2, 0.25) is 0 Å². The van der Waals surface area contributed by atoms with Gasteiger partial charge in [0.25, 0.3) is 0 Å². The van der Waals surface area contributed by atoms with Crippen LogP contribution in [0, 0.1) is 11.8 Å². The monoisotopic (exact) mass is 248 g/mol. The molecule has 0 spiro atoms. The molecule has 96 valence electrons. The lowest BCUT2D eigenvalue weighted by molar-refractivity contribution is 0.443. The minimum Gasteiger partial charge on any atom is -0.317 e. The van der Waals surface area contributed by atoms with E-state index >= 15 is 0 Å². The number of nitrogens with zero attached hydrogens (tertiary/aromatic N) is 1. The first-order valence-corrected chi connectivity index (χ1v) is 7.73. The van der Waals surface area contributed by atoms with Crippen molar-refractivity contribution in [2.24, 2.45) is 11.8 Å². The molecule has 1 fully saturated rings. The van der Waals surface area contributed by atoms with Gasteiger partial charge in [0.1, 0.15) is 0 Å². The van der Waals surface area contributed by atoms with Crippen LogP contribution in [-0.2, 0) is 10.0 Å². The molecule has 0 bridgehead atoms. The number of hydrogen-bond donors (Lipinski definition) is 1. The van der Waals surface area contributed by atoms with Crippen LogP contribution in [0.1, 0.15) is 26.7 Å². The molecule has 1 aliphatic carbocycles. The molecule has 2 atom stereocenters. The van der Waals surface area contributed by atoms with Crippen LogP contribution < -0.4 is 5.32 Å². The molecule has 1 rings (SSSR count). The van der Waals surface area contributed by atoms with Crippen molar-refractivity contribution in [2.75, 3.05) is 32.4 Å². The van der Waals surface area contributed by atoms with Crippen LogP contribution in [0.3, 0.4) is 0 Å². The lowest BCUT2D eigenvalue weighted by Crippen LogP contribution is -2.32. The summed E-state index contributed by atoms with van der Waals surface area (Å²) in [6, 6.07) is 0. The summed E-state index contributed by atoms with van der Waals surface area (Å²) in [5.41, 5.74) is 0. The van der Waals surface area contributed by atoms with Gasteiger partial charge in [-0.15, -0.1) is 0 Å². The summed E-state index contributed by atoms with van der Waals surface area (Å²) < 4.78 is 25.3. The maximum Gasteiger partial charge on any atom is 0.213 e. The van der Waals surface area contributed by atoms with E-state index in [1.165, 1.54) is 10.7 Å². The van der Waals surface area contributed by atoms with Crippen molar-refractivity contribution in [3.8, 4) is 0 Å². The van der Waals surface area contributed by atoms with Gasteiger partial charge in [0.05, 0.1) is 5.75 Å². The van der Waals surface area contributed by atoms with Gasteiger partial charge in [-0.05, 0) is 37.8 Å².